The number of hydrogen-bond acceptors (Lipinski definition) is 10. The zero-order valence-electron chi connectivity index (χ0n) is 32.8. The van der Waals surface area contributed by atoms with Crippen LogP contribution in [0.5, 0.6) is 0 Å². The summed E-state index contributed by atoms with van der Waals surface area (Å²) in [5.41, 5.74) is 2.64. The SMILES string of the molecule is C.CCOC(=O)[C@@H]1C[C@@H](C)CN1c1ccccc1.CCOC(=O)[C@H]1CC[C@H](C)C1.C[C@@H]1C[C@@H](C(=O)O)N(c2ccccc2)C1.OB(O)c1ccccc1.[Na+].[OH-]. The Labute approximate surface area is 351 Å². The van der Waals surface area contributed by atoms with Crippen LogP contribution in [0.4, 0.5) is 11.4 Å². The van der Waals surface area contributed by atoms with E-state index in [1.807, 2.05) is 85.5 Å². The Morgan fingerprint density at radius 1 is 0.655 bits per heavy atom. The third kappa shape index (κ3) is 17.1. The number of ether oxygens (including phenoxy) is 2. The monoisotopic (exact) mass is 772 g/mol. The summed E-state index contributed by atoms with van der Waals surface area (Å²) in [6.07, 6.45) is 4.86. The minimum absolute atomic E-state index is 0. The van der Waals surface area contributed by atoms with Crippen molar-refractivity contribution in [2.75, 3.05) is 36.1 Å². The van der Waals surface area contributed by atoms with Crippen LogP contribution >= 0.6 is 0 Å². The molecule has 13 heteroatoms. The zero-order chi connectivity index (χ0) is 38.0. The average Bonchev–Trinajstić information content (AvgIpc) is 3.88. The van der Waals surface area contributed by atoms with Gasteiger partial charge in [0, 0.05) is 24.5 Å². The van der Waals surface area contributed by atoms with E-state index in [2.05, 4.69) is 25.7 Å². The van der Waals surface area contributed by atoms with Crippen molar-refractivity contribution >= 4 is 41.9 Å². The number of carbonyl (C=O) groups is 3. The smallest absolute Gasteiger partial charge is 0.870 e. The molecule has 4 N–H and O–H groups in total. The molecule has 0 radical (unpaired) electrons. The maximum absolute atomic E-state index is 11.9. The first-order chi connectivity index (χ1) is 24.9. The molecule has 3 aromatic rings. The first-order valence-corrected chi connectivity index (χ1v) is 18.5. The van der Waals surface area contributed by atoms with Gasteiger partial charge in [0.25, 0.3) is 0 Å². The largest absolute Gasteiger partial charge is 1.00 e. The van der Waals surface area contributed by atoms with Crippen LogP contribution in [-0.2, 0) is 23.9 Å². The molecule has 0 amide bonds. The van der Waals surface area contributed by atoms with Gasteiger partial charge >= 0.3 is 54.6 Å². The summed E-state index contributed by atoms with van der Waals surface area (Å²) in [7, 11) is -1.34. The maximum atomic E-state index is 11.9. The first-order valence-electron chi connectivity index (χ1n) is 18.5. The van der Waals surface area contributed by atoms with Crippen LogP contribution in [0.25, 0.3) is 0 Å². The Balaban J connectivity index is 0.000000712. The molecule has 55 heavy (non-hydrogen) atoms. The molecule has 298 valence electrons. The third-order valence-corrected chi connectivity index (χ3v) is 9.45. The Kier molecular flexibility index (Phi) is 25.6. The van der Waals surface area contributed by atoms with Crippen LogP contribution in [0.1, 0.15) is 74.1 Å². The predicted molar refractivity (Wildman–Crippen MR) is 215 cm³/mol. The van der Waals surface area contributed by atoms with Gasteiger partial charge in [-0.1, -0.05) is 94.9 Å². The van der Waals surface area contributed by atoms with Gasteiger partial charge in [-0.3, -0.25) is 4.79 Å². The van der Waals surface area contributed by atoms with Gasteiger partial charge in [-0.2, -0.15) is 0 Å². The van der Waals surface area contributed by atoms with E-state index in [1.165, 1.54) is 6.42 Å². The number of nitrogens with zero attached hydrogens (tertiary/aromatic N) is 2. The molecule has 11 nitrogen and oxygen atoms in total. The fourth-order valence-electron chi connectivity index (χ4n) is 6.90. The van der Waals surface area contributed by atoms with Gasteiger partial charge in [0.2, 0.25) is 0 Å². The van der Waals surface area contributed by atoms with Crippen LogP contribution in [0.3, 0.4) is 0 Å². The van der Waals surface area contributed by atoms with Crippen molar-refractivity contribution in [3.05, 3.63) is 91.0 Å². The molecule has 0 unspecified atom stereocenters. The van der Waals surface area contributed by atoms with Gasteiger partial charge in [-0.05, 0) is 93.4 Å². The number of aliphatic carboxylic acids is 1. The molecule has 2 saturated heterocycles. The second-order valence-electron chi connectivity index (χ2n) is 13.9. The quantitative estimate of drug-likeness (QED) is 0.227. The van der Waals surface area contributed by atoms with E-state index in [0.29, 0.717) is 36.4 Å². The van der Waals surface area contributed by atoms with Crippen molar-refractivity contribution in [1.29, 1.82) is 0 Å². The number of esters is 2. The Bertz CT molecular complexity index is 1490. The molecule has 2 aliphatic heterocycles. The van der Waals surface area contributed by atoms with E-state index in [4.69, 9.17) is 24.6 Å². The van der Waals surface area contributed by atoms with Crippen molar-refractivity contribution in [2.24, 2.45) is 23.7 Å². The Hall–Kier alpha value is -3.39. The van der Waals surface area contributed by atoms with Crippen LogP contribution < -0.4 is 44.8 Å². The zero-order valence-corrected chi connectivity index (χ0v) is 34.8. The number of carbonyl (C=O) groups excluding carboxylic acids is 2. The Morgan fingerprint density at radius 2 is 1.07 bits per heavy atom. The van der Waals surface area contributed by atoms with E-state index in [0.717, 1.165) is 50.1 Å². The average molecular weight is 773 g/mol. The van der Waals surface area contributed by atoms with E-state index in [-0.39, 0.29) is 72.4 Å². The standard InChI is InChI=1S/C14H19NO2.C12H15NO2.C9H16O2.C6H7BO2.CH4.Na.H2O/c1-3-17-14(16)13-9-11(2)10-15(13)12-7-5-4-6-8-12;1-9-7-11(12(14)15)13(8-9)10-5-3-2-4-6-10;1-3-11-9(10)8-5-4-7(2)6-8;8-7(9)6-4-2-1-3-5-6;;;/h4-8,11,13H,3,9-10H2,1-2H3;2-6,9,11H,7-8H2,1H3,(H,14,15);7-8H,3-6H2,1-2H3;1-5,8-9H;1H4;;1H2/q;;;;;+1;/p-1/t11-,13+;9-,11+;7-,8-;;;;/m110..../s1. The summed E-state index contributed by atoms with van der Waals surface area (Å²) in [6, 6.07) is 28.0. The molecular weight excluding hydrogens is 710 g/mol. The van der Waals surface area contributed by atoms with Gasteiger partial charge in [0.05, 0.1) is 19.1 Å². The molecule has 3 aliphatic rings. The van der Waals surface area contributed by atoms with Crippen molar-refractivity contribution in [2.45, 2.75) is 86.2 Å². The number of carboxylic acid groups (broad SMARTS) is 1. The molecular formula is C42H62BN2NaO9. The summed E-state index contributed by atoms with van der Waals surface area (Å²) in [5.74, 6) is 1.09. The predicted octanol–water partition coefficient (Wildman–Crippen LogP) is 3.27. The topological polar surface area (TPSA) is 167 Å². The molecule has 6 atom stereocenters. The van der Waals surface area contributed by atoms with Crippen molar-refractivity contribution in [1.82, 2.24) is 0 Å². The number of rotatable bonds is 8. The van der Waals surface area contributed by atoms with Crippen molar-refractivity contribution < 1.29 is 74.0 Å². The molecule has 0 aromatic heterocycles. The molecule has 6 rings (SSSR count). The van der Waals surface area contributed by atoms with Gasteiger partial charge in [-0.25, -0.2) is 9.59 Å². The summed E-state index contributed by atoms with van der Waals surface area (Å²) in [6.45, 7) is 12.9. The summed E-state index contributed by atoms with van der Waals surface area (Å²) in [4.78, 5) is 38.3. The molecule has 0 spiro atoms. The minimum atomic E-state index is -1.34. The van der Waals surface area contributed by atoms with Crippen LogP contribution in [-0.4, -0.2) is 84.0 Å². The van der Waals surface area contributed by atoms with E-state index >= 15 is 0 Å². The third-order valence-electron chi connectivity index (χ3n) is 9.45. The molecule has 2 heterocycles. The maximum Gasteiger partial charge on any atom is 1.00 e. The summed E-state index contributed by atoms with van der Waals surface area (Å²) < 4.78 is 10.1. The van der Waals surface area contributed by atoms with Crippen LogP contribution in [0.15, 0.2) is 91.0 Å². The van der Waals surface area contributed by atoms with E-state index < -0.39 is 13.1 Å². The number of para-hydroxylation sites is 2. The summed E-state index contributed by atoms with van der Waals surface area (Å²) >= 11 is 0. The van der Waals surface area contributed by atoms with Gasteiger partial charge in [-0.15, -0.1) is 0 Å². The molecule has 1 saturated carbocycles. The fourth-order valence-corrected chi connectivity index (χ4v) is 6.90. The second kappa shape index (κ2) is 27.3. The number of anilines is 2. The molecule has 3 fully saturated rings. The first kappa shape index (κ1) is 51.6. The molecule has 3 aromatic carbocycles. The van der Waals surface area contributed by atoms with Crippen molar-refractivity contribution in [3.63, 3.8) is 0 Å². The van der Waals surface area contributed by atoms with Gasteiger partial charge in [0.1, 0.15) is 12.1 Å². The minimum Gasteiger partial charge on any atom is -0.870 e. The van der Waals surface area contributed by atoms with E-state index in [1.54, 1.807) is 24.3 Å². The molecule has 0 bridgehead atoms. The Morgan fingerprint density at radius 3 is 1.45 bits per heavy atom. The number of carboxylic acids is 1. The van der Waals surface area contributed by atoms with Crippen molar-refractivity contribution in [3.8, 4) is 0 Å². The van der Waals surface area contributed by atoms with Crippen LogP contribution in [0, 0.1) is 23.7 Å². The van der Waals surface area contributed by atoms with Gasteiger partial charge < -0.3 is 39.9 Å². The van der Waals surface area contributed by atoms with E-state index in [9.17, 15) is 14.4 Å². The van der Waals surface area contributed by atoms with Gasteiger partial charge in [0.15, 0.2) is 0 Å². The normalized spacial score (nSPS) is 21.9. The van der Waals surface area contributed by atoms with Crippen LogP contribution in [0.2, 0.25) is 0 Å². The number of benzene rings is 3. The number of hydrogen-bond donors (Lipinski definition) is 3. The summed E-state index contributed by atoms with van der Waals surface area (Å²) in [5, 5.41) is 26.3. The fraction of sp³-hybridized carbons (Fsp3) is 0.500. The second-order valence-corrected chi connectivity index (χ2v) is 13.9. The molecule has 1 aliphatic carbocycles.